The summed E-state index contributed by atoms with van der Waals surface area (Å²) in [5.41, 5.74) is 0.286. The highest BCUT2D eigenvalue weighted by Gasteiger charge is 2.21. The Bertz CT molecular complexity index is 602. The lowest BCUT2D eigenvalue weighted by molar-refractivity contribution is 0.0501. The lowest BCUT2D eigenvalue weighted by Gasteiger charge is -2.20. The van der Waals surface area contributed by atoms with Gasteiger partial charge in [-0.15, -0.1) is 10.2 Å². The smallest absolute Gasteiger partial charge is 0.408 e. The Balaban J connectivity index is 2.03. The topological polar surface area (TPSA) is 77.2 Å². The van der Waals surface area contributed by atoms with E-state index >= 15 is 0 Å². The first-order chi connectivity index (χ1) is 9.85. The molecule has 1 atom stereocenters. The second-order valence-electron chi connectivity index (χ2n) is 5.68. The van der Waals surface area contributed by atoms with E-state index in [-0.39, 0.29) is 0 Å². The van der Waals surface area contributed by atoms with Crippen molar-refractivity contribution in [3.63, 3.8) is 0 Å². The SMILES string of the molecule is C[C@H](NC(=O)OC(C)(C)C)c1nnc(-c2ccccc2)o1. The molecule has 1 aromatic carbocycles. The molecule has 0 spiro atoms. The minimum Gasteiger partial charge on any atom is -0.444 e. The van der Waals surface area contributed by atoms with E-state index in [0.29, 0.717) is 11.8 Å². The number of carbonyl (C=O) groups excluding carboxylic acids is 1. The maximum absolute atomic E-state index is 11.7. The van der Waals surface area contributed by atoms with Gasteiger partial charge < -0.3 is 14.5 Å². The maximum atomic E-state index is 11.7. The number of hydrogen-bond acceptors (Lipinski definition) is 5. The average Bonchev–Trinajstić information content (AvgIpc) is 2.87. The highest BCUT2D eigenvalue weighted by molar-refractivity contribution is 5.68. The molecule has 0 aliphatic rings. The summed E-state index contributed by atoms with van der Waals surface area (Å²) < 4.78 is 10.8. The van der Waals surface area contributed by atoms with Gasteiger partial charge in [-0.25, -0.2) is 4.79 Å². The fraction of sp³-hybridized carbons (Fsp3) is 0.400. The van der Waals surface area contributed by atoms with Crippen molar-refractivity contribution in [1.29, 1.82) is 0 Å². The molecule has 1 amide bonds. The molecule has 6 nitrogen and oxygen atoms in total. The summed E-state index contributed by atoms with van der Waals surface area (Å²) in [7, 11) is 0. The van der Waals surface area contributed by atoms with Gasteiger partial charge in [0.25, 0.3) is 0 Å². The van der Waals surface area contributed by atoms with Crippen molar-refractivity contribution >= 4 is 6.09 Å². The molecule has 2 rings (SSSR count). The number of nitrogens with zero attached hydrogens (tertiary/aromatic N) is 2. The van der Waals surface area contributed by atoms with Crippen molar-refractivity contribution < 1.29 is 13.9 Å². The highest BCUT2D eigenvalue weighted by Crippen LogP contribution is 2.20. The molecule has 6 heteroatoms. The van der Waals surface area contributed by atoms with Crippen LogP contribution in [-0.4, -0.2) is 21.9 Å². The van der Waals surface area contributed by atoms with Crippen molar-refractivity contribution in [3.8, 4) is 11.5 Å². The van der Waals surface area contributed by atoms with Crippen LogP contribution in [0.2, 0.25) is 0 Å². The molecule has 1 N–H and O–H groups in total. The van der Waals surface area contributed by atoms with E-state index in [1.807, 2.05) is 30.3 Å². The molecule has 112 valence electrons. The van der Waals surface area contributed by atoms with Gasteiger partial charge in [-0.1, -0.05) is 18.2 Å². The van der Waals surface area contributed by atoms with Crippen LogP contribution in [0.25, 0.3) is 11.5 Å². The number of nitrogens with one attached hydrogen (secondary N) is 1. The van der Waals surface area contributed by atoms with Gasteiger partial charge in [-0.2, -0.15) is 0 Å². The second-order valence-corrected chi connectivity index (χ2v) is 5.68. The fourth-order valence-electron chi connectivity index (χ4n) is 1.65. The number of ether oxygens (including phenoxy) is 1. The maximum Gasteiger partial charge on any atom is 0.408 e. The average molecular weight is 289 g/mol. The predicted molar refractivity (Wildman–Crippen MR) is 77.5 cm³/mol. The van der Waals surface area contributed by atoms with E-state index < -0.39 is 17.7 Å². The zero-order valence-electron chi connectivity index (χ0n) is 12.6. The Morgan fingerprint density at radius 1 is 1.24 bits per heavy atom. The molecule has 1 aromatic heterocycles. The van der Waals surface area contributed by atoms with Gasteiger partial charge in [0.2, 0.25) is 11.8 Å². The molecular formula is C15H19N3O3. The standard InChI is InChI=1S/C15H19N3O3/c1-10(16-14(19)21-15(2,3)4)12-17-18-13(20-12)11-8-6-5-7-9-11/h5-10H,1-4H3,(H,16,19)/t10-/m0/s1. The van der Waals surface area contributed by atoms with Crippen LogP contribution in [-0.2, 0) is 4.74 Å². The molecule has 1 heterocycles. The molecule has 0 aliphatic carbocycles. The molecule has 21 heavy (non-hydrogen) atoms. The number of rotatable bonds is 3. The Labute approximate surface area is 123 Å². The molecule has 0 bridgehead atoms. The molecular weight excluding hydrogens is 270 g/mol. The van der Waals surface area contributed by atoms with E-state index in [1.54, 1.807) is 27.7 Å². The number of benzene rings is 1. The van der Waals surface area contributed by atoms with Gasteiger partial charge in [0, 0.05) is 5.56 Å². The van der Waals surface area contributed by atoms with Crippen LogP contribution in [0, 0.1) is 0 Å². The van der Waals surface area contributed by atoms with E-state index in [1.165, 1.54) is 0 Å². The van der Waals surface area contributed by atoms with Crippen molar-refractivity contribution in [2.75, 3.05) is 0 Å². The normalized spacial score (nSPS) is 12.8. The third-order valence-corrected chi connectivity index (χ3v) is 2.57. The van der Waals surface area contributed by atoms with Crippen LogP contribution in [0.3, 0.4) is 0 Å². The van der Waals surface area contributed by atoms with Gasteiger partial charge in [-0.3, -0.25) is 0 Å². The third kappa shape index (κ3) is 4.30. The summed E-state index contributed by atoms with van der Waals surface area (Å²) in [5, 5.41) is 10.6. The van der Waals surface area contributed by atoms with Crippen molar-refractivity contribution in [2.45, 2.75) is 39.3 Å². The molecule has 0 unspecified atom stereocenters. The van der Waals surface area contributed by atoms with Gasteiger partial charge >= 0.3 is 6.09 Å². The monoisotopic (exact) mass is 289 g/mol. The van der Waals surface area contributed by atoms with Gasteiger partial charge in [-0.05, 0) is 39.8 Å². The van der Waals surface area contributed by atoms with Crippen LogP contribution in [0.15, 0.2) is 34.7 Å². The molecule has 0 radical (unpaired) electrons. The number of amides is 1. The fourth-order valence-corrected chi connectivity index (χ4v) is 1.65. The number of hydrogen-bond donors (Lipinski definition) is 1. The van der Waals surface area contributed by atoms with E-state index in [2.05, 4.69) is 15.5 Å². The lowest BCUT2D eigenvalue weighted by atomic mass is 10.2. The molecule has 0 aliphatic heterocycles. The van der Waals surface area contributed by atoms with Crippen LogP contribution in [0.4, 0.5) is 4.79 Å². The first-order valence-corrected chi connectivity index (χ1v) is 6.73. The summed E-state index contributed by atoms with van der Waals surface area (Å²) in [6.45, 7) is 7.17. The van der Waals surface area contributed by atoms with Crippen LogP contribution < -0.4 is 5.32 Å². The number of aromatic nitrogens is 2. The summed E-state index contributed by atoms with van der Waals surface area (Å²) in [6, 6.07) is 9.02. The van der Waals surface area contributed by atoms with Gasteiger partial charge in [0.15, 0.2) is 0 Å². The van der Waals surface area contributed by atoms with Gasteiger partial charge in [0.1, 0.15) is 11.6 Å². The largest absolute Gasteiger partial charge is 0.444 e. The van der Waals surface area contributed by atoms with Crippen LogP contribution in [0.1, 0.15) is 39.6 Å². The second kappa shape index (κ2) is 5.95. The molecule has 2 aromatic rings. The lowest BCUT2D eigenvalue weighted by Crippen LogP contribution is -2.34. The van der Waals surface area contributed by atoms with Crippen molar-refractivity contribution in [1.82, 2.24) is 15.5 Å². The Morgan fingerprint density at radius 2 is 1.90 bits per heavy atom. The van der Waals surface area contributed by atoms with E-state index in [4.69, 9.17) is 9.15 Å². The number of alkyl carbamates (subject to hydrolysis) is 1. The van der Waals surface area contributed by atoms with Crippen LogP contribution in [0.5, 0.6) is 0 Å². The molecule has 0 fully saturated rings. The first-order valence-electron chi connectivity index (χ1n) is 6.73. The Hall–Kier alpha value is -2.37. The van der Waals surface area contributed by atoms with Crippen molar-refractivity contribution in [2.24, 2.45) is 0 Å². The van der Waals surface area contributed by atoms with E-state index in [0.717, 1.165) is 5.56 Å². The highest BCUT2D eigenvalue weighted by atomic mass is 16.6. The Morgan fingerprint density at radius 3 is 2.52 bits per heavy atom. The number of carbonyl (C=O) groups is 1. The summed E-state index contributed by atoms with van der Waals surface area (Å²) >= 11 is 0. The first kappa shape index (κ1) is 15.0. The summed E-state index contributed by atoms with van der Waals surface area (Å²) in [4.78, 5) is 11.7. The quantitative estimate of drug-likeness (QED) is 0.937. The zero-order chi connectivity index (χ0) is 15.5. The van der Waals surface area contributed by atoms with E-state index in [9.17, 15) is 4.79 Å². The molecule has 0 saturated heterocycles. The Kier molecular flexibility index (Phi) is 4.26. The summed E-state index contributed by atoms with van der Waals surface area (Å²) in [5.74, 6) is 0.753. The minimum absolute atomic E-state index is 0.333. The minimum atomic E-state index is -0.548. The van der Waals surface area contributed by atoms with Crippen LogP contribution >= 0.6 is 0 Å². The van der Waals surface area contributed by atoms with Crippen molar-refractivity contribution in [3.05, 3.63) is 36.2 Å². The summed E-state index contributed by atoms with van der Waals surface area (Å²) in [6.07, 6.45) is -0.519. The zero-order valence-corrected chi connectivity index (χ0v) is 12.6. The molecule has 0 saturated carbocycles. The predicted octanol–water partition coefficient (Wildman–Crippen LogP) is 3.32. The van der Waals surface area contributed by atoms with Gasteiger partial charge in [0.05, 0.1) is 0 Å². The third-order valence-electron chi connectivity index (χ3n) is 2.57.